The van der Waals surface area contributed by atoms with Crippen LogP contribution in [0.15, 0.2) is 0 Å². The number of likely N-dealkylation sites (tertiary alicyclic amines) is 1. The Balaban J connectivity index is 2.15. The molecule has 1 unspecified atom stereocenters. The minimum Gasteiger partial charge on any atom is -0.380 e. The summed E-state index contributed by atoms with van der Waals surface area (Å²) in [6.45, 7) is 11.9. The smallest absolute Gasteiger partial charge is 0.0618 e. The maximum atomic E-state index is 5.48. The van der Waals surface area contributed by atoms with Crippen LogP contribution in [0.4, 0.5) is 0 Å². The van der Waals surface area contributed by atoms with E-state index in [0.717, 1.165) is 19.3 Å². The van der Waals surface area contributed by atoms with Gasteiger partial charge in [0, 0.05) is 18.7 Å². The number of ether oxygens (including phenoxy) is 1. The molecule has 0 aromatic carbocycles. The fourth-order valence-electron chi connectivity index (χ4n) is 2.29. The molecule has 0 saturated carbocycles. The van der Waals surface area contributed by atoms with Crippen LogP contribution in [0.5, 0.6) is 0 Å². The quantitative estimate of drug-likeness (QED) is 0.720. The van der Waals surface area contributed by atoms with Gasteiger partial charge >= 0.3 is 0 Å². The molecule has 1 aliphatic heterocycles. The minimum atomic E-state index is 0.576. The summed E-state index contributed by atoms with van der Waals surface area (Å²) in [6, 6.07) is 1.32. The molecule has 1 atom stereocenters. The number of nitrogens with zero attached hydrogens (tertiary/aromatic N) is 1. The van der Waals surface area contributed by atoms with Crippen molar-refractivity contribution in [3.05, 3.63) is 0 Å². The maximum absolute atomic E-state index is 5.48. The van der Waals surface area contributed by atoms with Crippen molar-refractivity contribution in [3.8, 4) is 0 Å². The van der Waals surface area contributed by atoms with Gasteiger partial charge in [0.2, 0.25) is 0 Å². The van der Waals surface area contributed by atoms with Gasteiger partial charge in [-0.05, 0) is 52.7 Å². The average molecular weight is 228 g/mol. The van der Waals surface area contributed by atoms with Crippen LogP contribution in [0.2, 0.25) is 0 Å². The third-order valence-electron chi connectivity index (χ3n) is 3.40. The topological polar surface area (TPSA) is 24.5 Å². The van der Waals surface area contributed by atoms with E-state index in [4.69, 9.17) is 4.74 Å². The van der Waals surface area contributed by atoms with E-state index in [1.165, 1.54) is 38.9 Å². The monoisotopic (exact) mass is 228 g/mol. The molecule has 1 N–H and O–H groups in total. The Morgan fingerprint density at radius 1 is 1.31 bits per heavy atom. The van der Waals surface area contributed by atoms with E-state index in [2.05, 4.69) is 31.0 Å². The van der Waals surface area contributed by atoms with Crippen molar-refractivity contribution >= 4 is 0 Å². The standard InChI is InChI=1S/C13H28N2O/c1-4-8-14-13-6-9-15(10-7-13)12(3)11-16-5-2/h12-14H,4-11H2,1-3H3. The van der Waals surface area contributed by atoms with Crippen molar-refractivity contribution < 1.29 is 4.74 Å². The van der Waals surface area contributed by atoms with Gasteiger partial charge in [-0.3, -0.25) is 4.90 Å². The summed E-state index contributed by atoms with van der Waals surface area (Å²) in [4.78, 5) is 2.56. The Hall–Kier alpha value is -0.120. The average Bonchev–Trinajstić information content (AvgIpc) is 2.34. The highest BCUT2D eigenvalue weighted by atomic mass is 16.5. The molecule has 3 heteroatoms. The molecule has 1 fully saturated rings. The zero-order valence-electron chi connectivity index (χ0n) is 11.2. The predicted molar refractivity (Wildman–Crippen MR) is 68.8 cm³/mol. The molecule has 0 aromatic heterocycles. The van der Waals surface area contributed by atoms with Crippen LogP contribution >= 0.6 is 0 Å². The van der Waals surface area contributed by atoms with Gasteiger partial charge in [0.25, 0.3) is 0 Å². The summed E-state index contributed by atoms with van der Waals surface area (Å²) < 4.78 is 5.48. The minimum absolute atomic E-state index is 0.576. The second-order valence-electron chi connectivity index (χ2n) is 4.77. The molecular weight excluding hydrogens is 200 g/mol. The lowest BCUT2D eigenvalue weighted by Crippen LogP contribution is -2.47. The zero-order chi connectivity index (χ0) is 11.8. The van der Waals surface area contributed by atoms with Crippen LogP contribution in [0.1, 0.15) is 40.0 Å². The second-order valence-corrected chi connectivity index (χ2v) is 4.77. The van der Waals surface area contributed by atoms with Gasteiger partial charge in [0.1, 0.15) is 0 Å². The normalized spacial score (nSPS) is 21.2. The first-order valence-corrected chi connectivity index (χ1v) is 6.83. The van der Waals surface area contributed by atoms with Crippen molar-refractivity contribution in [2.75, 3.05) is 32.8 Å². The summed E-state index contributed by atoms with van der Waals surface area (Å²) in [5, 5.41) is 3.62. The van der Waals surface area contributed by atoms with Crippen LogP contribution in [0.3, 0.4) is 0 Å². The maximum Gasteiger partial charge on any atom is 0.0618 e. The molecule has 1 rings (SSSR count). The van der Waals surface area contributed by atoms with Crippen LogP contribution in [-0.2, 0) is 4.74 Å². The molecule has 1 heterocycles. The van der Waals surface area contributed by atoms with Gasteiger partial charge in [-0.2, -0.15) is 0 Å². The Kier molecular flexibility index (Phi) is 7.01. The summed E-state index contributed by atoms with van der Waals surface area (Å²) in [5.74, 6) is 0. The van der Waals surface area contributed by atoms with E-state index < -0.39 is 0 Å². The first-order chi connectivity index (χ1) is 7.77. The summed E-state index contributed by atoms with van der Waals surface area (Å²) in [6.07, 6.45) is 3.81. The van der Waals surface area contributed by atoms with Crippen LogP contribution in [0.25, 0.3) is 0 Å². The van der Waals surface area contributed by atoms with Gasteiger partial charge < -0.3 is 10.1 Å². The van der Waals surface area contributed by atoms with Crippen molar-refractivity contribution in [3.63, 3.8) is 0 Å². The summed E-state index contributed by atoms with van der Waals surface area (Å²) in [7, 11) is 0. The molecule has 0 amide bonds. The van der Waals surface area contributed by atoms with Crippen LogP contribution in [-0.4, -0.2) is 49.8 Å². The van der Waals surface area contributed by atoms with E-state index in [9.17, 15) is 0 Å². The highest BCUT2D eigenvalue weighted by molar-refractivity contribution is 4.79. The van der Waals surface area contributed by atoms with Gasteiger partial charge in [0.05, 0.1) is 6.61 Å². The SMILES string of the molecule is CCCNC1CCN(C(C)COCC)CC1. The third-order valence-corrected chi connectivity index (χ3v) is 3.40. The lowest BCUT2D eigenvalue weighted by atomic mass is 10.0. The van der Waals surface area contributed by atoms with E-state index in [1.54, 1.807) is 0 Å². The van der Waals surface area contributed by atoms with Crippen LogP contribution in [0, 0.1) is 0 Å². The van der Waals surface area contributed by atoms with E-state index in [1.807, 2.05) is 0 Å². The lowest BCUT2D eigenvalue weighted by molar-refractivity contribution is 0.0587. The Morgan fingerprint density at radius 2 is 2.00 bits per heavy atom. The molecule has 0 aliphatic carbocycles. The van der Waals surface area contributed by atoms with Gasteiger partial charge in [0.15, 0.2) is 0 Å². The Morgan fingerprint density at radius 3 is 2.56 bits per heavy atom. The van der Waals surface area contributed by atoms with Gasteiger partial charge in [-0.25, -0.2) is 0 Å². The largest absolute Gasteiger partial charge is 0.380 e. The molecule has 0 bridgehead atoms. The number of rotatable bonds is 7. The fraction of sp³-hybridized carbons (Fsp3) is 1.00. The Bertz CT molecular complexity index is 167. The van der Waals surface area contributed by atoms with Gasteiger partial charge in [-0.15, -0.1) is 0 Å². The molecular formula is C13H28N2O. The fourth-order valence-corrected chi connectivity index (χ4v) is 2.29. The highest BCUT2D eigenvalue weighted by Crippen LogP contribution is 2.13. The van der Waals surface area contributed by atoms with E-state index in [0.29, 0.717) is 6.04 Å². The highest BCUT2D eigenvalue weighted by Gasteiger charge is 2.21. The van der Waals surface area contributed by atoms with Crippen molar-refractivity contribution in [1.29, 1.82) is 0 Å². The molecule has 0 radical (unpaired) electrons. The second kappa shape index (κ2) is 8.04. The summed E-state index contributed by atoms with van der Waals surface area (Å²) in [5.41, 5.74) is 0. The third kappa shape index (κ3) is 4.81. The number of piperidine rings is 1. The first-order valence-electron chi connectivity index (χ1n) is 6.83. The number of hydrogen-bond acceptors (Lipinski definition) is 3. The lowest BCUT2D eigenvalue weighted by Gasteiger charge is -2.36. The Labute approximate surface area is 101 Å². The predicted octanol–water partition coefficient (Wildman–Crippen LogP) is 1.88. The van der Waals surface area contributed by atoms with E-state index in [-0.39, 0.29) is 0 Å². The molecule has 3 nitrogen and oxygen atoms in total. The van der Waals surface area contributed by atoms with Crippen molar-refractivity contribution in [2.45, 2.75) is 52.1 Å². The first kappa shape index (κ1) is 13.9. The zero-order valence-corrected chi connectivity index (χ0v) is 11.2. The molecule has 0 aromatic rings. The number of hydrogen-bond donors (Lipinski definition) is 1. The molecule has 1 aliphatic rings. The number of nitrogens with one attached hydrogen (secondary N) is 1. The molecule has 1 saturated heterocycles. The molecule has 0 spiro atoms. The van der Waals surface area contributed by atoms with Gasteiger partial charge in [-0.1, -0.05) is 6.92 Å². The molecule has 16 heavy (non-hydrogen) atoms. The van der Waals surface area contributed by atoms with Crippen molar-refractivity contribution in [2.24, 2.45) is 0 Å². The van der Waals surface area contributed by atoms with E-state index >= 15 is 0 Å². The summed E-state index contributed by atoms with van der Waals surface area (Å²) >= 11 is 0. The van der Waals surface area contributed by atoms with Crippen molar-refractivity contribution in [1.82, 2.24) is 10.2 Å². The molecule has 96 valence electrons. The van der Waals surface area contributed by atoms with Crippen LogP contribution < -0.4 is 5.32 Å².